The van der Waals surface area contributed by atoms with E-state index in [0.29, 0.717) is 12.3 Å². The highest BCUT2D eigenvalue weighted by Crippen LogP contribution is 2.41. The molecular weight excluding hydrogens is 394 g/mol. The molecule has 2 N–H and O–H groups in total. The molecule has 0 aromatic heterocycles. The Kier molecular flexibility index (Phi) is 7.25. The number of ether oxygens (including phenoxy) is 3. The fourth-order valence-electron chi connectivity index (χ4n) is 3.16. The first kappa shape index (κ1) is 23.0. The first-order chi connectivity index (χ1) is 14.1. The maximum atomic E-state index is 12.9. The highest BCUT2D eigenvalue weighted by molar-refractivity contribution is 5.95. The van der Waals surface area contributed by atoms with Gasteiger partial charge >= 0.3 is 12.0 Å². The lowest BCUT2D eigenvalue weighted by molar-refractivity contribution is -0.385. The molecule has 10 nitrogen and oxygen atoms in total. The summed E-state index contributed by atoms with van der Waals surface area (Å²) in [6, 6.07) is 0.951. The largest absolute Gasteiger partial charge is 0.493 e. The number of methoxy groups -OCH3 is 1. The zero-order valence-electron chi connectivity index (χ0n) is 17.9. The lowest BCUT2D eigenvalue weighted by Crippen LogP contribution is -2.47. The van der Waals surface area contributed by atoms with Gasteiger partial charge in [-0.1, -0.05) is 13.8 Å². The van der Waals surface area contributed by atoms with Crippen LogP contribution in [0.3, 0.4) is 0 Å². The Labute approximate surface area is 174 Å². The number of nitrogens with zero attached hydrogens (tertiary/aromatic N) is 1. The number of urea groups is 1. The molecule has 0 saturated carbocycles. The van der Waals surface area contributed by atoms with Gasteiger partial charge in [-0.25, -0.2) is 9.59 Å². The maximum absolute atomic E-state index is 12.9. The molecule has 30 heavy (non-hydrogen) atoms. The lowest BCUT2D eigenvalue weighted by atomic mass is 9.90. The summed E-state index contributed by atoms with van der Waals surface area (Å²) in [5.41, 5.74) is 0.222. The van der Waals surface area contributed by atoms with Gasteiger partial charge in [-0.3, -0.25) is 10.1 Å². The molecule has 1 aromatic rings. The van der Waals surface area contributed by atoms with Gasteiger partial charge < -0.3 is 24.8 Å². The predicted molar refractivity (Wildman–Crippen MR) is 108 cm³/mol. The number of nitro benzene ring substituents is 1. The number of allylic oxidation sites excluding steroid dienone is 1. The van der Waals surface area contributed by atoms with Crippen LogP contribution in [0.5, 0.6) is 11.5 Å². The Morgan fingerprint density at radius 1 is 1.23 bits per heavy atom. The van der Waals surface area contributed by atoms with E-state index in [2.05, 4.69) is 10.6 Å². The maximum Gasteiger partial charge on any atom is 0.338 e. The van der Waals surface area contributed by atoms with Gasteiger partial charge in [-0.15, -0.1) is 0 Å². The van der Waals surface area contributed by atoms with Crippen LogP contribution in [0.1, 0.15) is 46.2 Å². The molecule has 0 radical (unpaired) electrons. The second-order valence-electron chi connectivity index (χ2n) is 7.22. The number of hydrogen-bond acceptors (Lipinski definition) is 7. The minimum Gasteiger partial charge on any atom is -0.493 e. The Hall–Kier alpha value is -3.30. The molecule has 1 unspecified atom stereocenters. The minimum absolute atomic E-state index is 0.0907. The number of hydrogen-bond donors (Lipinski definition) is 2. The van der Waals surface area contributed by atoms with Gasteiger partial charge in [-0.05, 0) is 32.8 Å². The Bertz CT molecular complexity index is 877. The third-order valence-corrected chi connectivity index (χ3v) is 4.36. The van der Waals surface area contributed by atoms with Crippen LogP contribution in [0.15, 0.2) is 23.4 Å². The van der Waals surface area contributed by atoms with E-state index in [1.807, 2.05) is 0 Å². The van der Waals surface area contributed by atoms with Crippen LogP contribution in [0.2, 0.25) is 0 Å². The summed E-state index contributed by atoms with van der Waals surface area (Å²) < 4.78 is 16.1. The molecule has 1 atom stereocenters. The van der Waals surface area contributed by atoms with Crippen molar-refractivity contribution in [1.82, 2.24) is 10.6 Å². The standard InChI is InChI=1S/C20H27N3O7/c1-7-29-15-8-12(13(23(26)27)9-14(15)28-6)18-16(19(24)30-11(4)5)17(10(2)3)21-20(25)22-18/h8-11,18H,7H2,1-6H3,(H2,21,22,25). The van der Waals surface area contributed by atoms with Gasteiger partial charge in [0.05, 0.1) is 48.0 Å². The van der Waals surface area contributed by atoms with E-state index in [9.17, 15) is 19.7 Å². The van der Waals surface area contributed by atoms with Crippen LogP contribution in [0.4, 0.5) is 10.5 Å². The van der Waals surface area contributed by atoms with Crippen LogP contribution in [-0.4, -0.2) is 36.7 Å². The normalized spacial score (nSPS) is 16.3. The molecule has 164 valence electrons. The average molecular weight is 421 g/mol. The molecule has 2 amide bonds. The van der Waals surface area contributed by atoms with Crippen LogP contribution in [0, 0.1) is 16.0 Å². The van der Waals surface area contributed by atoms with Crippen molar-refractivity contribution >= 4 is 17.7 Å². The van der Waals surface area contributed by atoms with Crippen LogP contribution in [0.25, 0.3) is 0 Å². The Balaban J connectivity index is 2.78. The molecule has 1 aromatic carbocycles. The number of benzene rings is 1. The van der Waals surface area contributed by atoms with Gasteiger partial charge in [0, 0.05) is 5.70 Å². The Morgan fingerprint density at radius 3 is 2.40 bits per heavy atom. The van der Waals surface area contributed by atoms with Gasteiger partial charge in [0.1, 0.15) is 0 Å². The molecule has 0 bridgehead atoms. The third kappa shape index (κ3) is 4.81. The second kappa shape index (κ2) is 9.47. The second-order valence-corrected chi connectivity index (χ2v) is 7.22. The van der Waals surface area contributed by atoms with Crippen molar-refractivity contribution in [3.05, 3.63) is 39.1 Å². The number of carbonyl (C=O) groups is 2. The highest BCUT2D eigenvalue weighted by atomic mass is 16.6. The van der Waals surface area contributed by atoms with Crippen molar-refractivity contribution in [1.29, 1.82) is 0 Å². The zero-order valence-corrected chi connectivity index (χ0v) is 17.9. The van der Waals surface area contributed by atoms with Crippen LogP contribution < -0.4 is 20.1 Å². The monoisotopic (exact) mass is 421 g/mol. The first-order valence-electron chi connectivity index (χ1n) is 9.62. The molecule has 10 heteroatoms. The summed E-state index contributed by atoms with van der Waals surface area (Å²) >= 11 is 0. The quantitative estimate of drug-likeness (QED) is 0.374. The highest BCUT2D eigenvalue weighted by Gasteiger charge is 2.39. The van der Waals surface area contributed by atoms with Crippen molar-refractivity contribution in [2.75, 3.05) is 13.7 Å². The SMILES string of the molecule is CCOc1cc(C2NC(=O)NC(C(C)C)=C2C(=O)OC(C)C)c([N+](=O)[O-])cc1OC. The predicted octanol–water partition coefficient (Wildman–Crippen LogP) is 3.22. The van der Waals surface area contributed by atoms with Gasteiger partial charge in [0.2, 0.25) is 0 Å². The van der Waals surface area contributed by atoms with Crippen molar-refractivity contribution in [2.24, 2.45) is 5.92 Å². The van der Waals surface area contributed by atoms with Crippen LogP contribution >= 0.6 is 0 Å². The summed E-state index contributed by atoms with van der Waals surface area (Å²) in [6.45, 7) is 9.04. The van der Waals surface area contributed by atoms with Gasteiger partial charge in [0.15, 0.2) is 11.5 Å². The van der Waals surface area contributed by atoms with Crippen molar-refractivity contribution in [3.8, 4) is 11.5 Å². The molecule has 0 saturated heterocycles. The van der Waals surface area contributed by atoms with Crippen molar-refractivity contribution < 1.29 is 28.7 Å². The van der Waals surface area contributed by atoms with Crippen molar-refractivity contribution in [2.45, 2.75) is 46.8 Å². The summed E-state index contributed by atoms with van der Waals surface area (Å²) in [7, 11) is 1.37. The molecule has 2 rings (SSSR count). The molecule has 1 aliphatic rings. The number of nitro groups is 1. The van der Waals surface area contributed by atoms with E-state index in [0.717, 1.165) is 0 Å². The first-order valence-corrected chi connectivity index (χ1v) is 9.62. The zero-order chi connectivity index (χ0) is 22.6. The van der Waals surface area contributed by atoms with E-state index in [1.165, 1.54) is 19.2 Å². The minimum atomic E-state index is -1.10. The van der Waals surface area contributed by atoms with E-state index in [1.54, 1.807) is 34.6 Å². The van der Waals surface area contributed by atoms with Crippen molar-refractivity contribution in [3.63, 3.8) is 0 Å². The van der Waals surface area contributed by atoms with E-state index in [-0.39, 0.29) is 34.2 Å². The van der Waals surface area contributed by atoms with E-state index in [4.69, 9.17) is 14.2 Å². The lowest BCUT2D eigenvalue weighted by Gasteiger charge is -2.31. The molecule has 0 aliphatic carbocycles. The van der Waals surface area contributed by atoms with Gasteiger partial charge in [-0.2, -0.15) is 0 Å². The number of nitrogens with one attached hydrogen (secondary N) is 2. The smallest absolute Gasteiger partial charge is 0.338 e. The topological polar surface area (TPSA) is 129 Å². The van der Waals surface area contributed by atoms with Crippen LogP contribution in [-0.2, 0) is 9.53 Å². The summed E-state index contributed by atoms with van der Waals surface area (Å²) in [4.78, 5) is 36.5. The molecule has 1 aliphatic heterocycles. The third-order valence-electron chi connectivity index (χ3n) is 4.36. The fraction of sp³-hybridized carbons (Fsp3) is 0.500. The summed E-state index contributed by atoms with van der Waals surface area (Å²) in [6.07, 6.45) is -0.415. The Morgan fingerprint density at radius 2 is 1.90 bits per heavy atom. The molecule has 1 heterocycles. The van der Waals surface area contributed by atoms with Gasteiger partial charge in [0.25, 0.3) is 5.69 Å². The number of carbonyl (C=O) groups excluding carboxylic acids is 2. The number of rotatable bonds is 8. The molecular formula is C20H27N3O7. The van der Waals surface area contributed by atoms with E-state index < -0.39 is 29.1 Å². The average Bonchev–Trinajstić information content (AvgIpc) is 2.66. The van der Waals surface area contributed by atoms with E-state index >= 15 is 0 Å². The summed E-state index contributed by atoms with van der Waals surface area (Å²) in [5, 5.41) is 17.0. The number of amides is 2. The number of esters is 1. The molecule has 0 spiro atoms. The fourth-order valence-corrected chi connectivity index (χ4v) is 3.16. The molecule has 0 fully saturated rings. The summed E-state index contributed by atoms with van der Waals surface area (Å²) in [5.74, 6) is -0.478.